The van der Waals surface area contributed by atoms with Crippen molar-refractivity contribution in [2.24, 2.45) is 0 Å². The number of anilines is 1. The largest absolute Gasteiger partial charge is 0.508 e. The number of carbonyl (C=O) groups is 2. The summed E-state index contributed by atoms with van der Waals surface area (Å²) in [4.78, 5) is 22.8. The van der Waals surface area contributed by atoms with Crippen LogP contribution in [0, 0.1) is 0 Å². The van der Waals surface area contributed by atoms with E-state index in [2.05, 4.69) is 10.7 Å². The Morgan fingerprint density at radius 2 is 1.95 bits per heavy atom. The van der Waals surface area contributed by atoms with Crippen LogP contribution in [0.4, 0.5) is 10.5 Å². The maximum Gasteiger partial charge on any atom is 0.337 e. The molecule has 1 fully saturated rings. The fourth-order valence-electron chi connectivity index (χ4n) is 1.79. The summed E-state index contributed by atoms with van der Waals surface area (Å²) in [6.45, 7) is 2.18. The summed E-state index contributed by atoms with van der Waals surface area (Å²) in [5.74, 6) is -1.41. The third kappa shape index (κ3) is 3.59. The van der Waals surface area contributed by atoms with E-state index in [-0.39, 0.29) is 17.0 Å². The number of aromatic hydroxyl groups is 1. The van der Waals surface area contributed by atoms with Gasteiger partial charge in [0.15, 0.2) is 0 Å². The van der Waals surface area contributed by atoms with E-state index in [0.29, 0.717) is 26.3 Å². The first kappa shape index (κ1) is 14.1. The number of carboxylic acids is 1. The van der Waals surface area contributed by atoms with Gasteiger partial charge in [-0.1, -0.05) is 0 Å². The second-order valence-electron chi connectivity index (χ2n) is 4.20. The highest BCUT2D eigenvalue weighted by molar-refractivity contribution is 6.00. The lowest BCUT2D eigenvalue weighted by Crippen LogP contribution is -2.49. The summed E-state index contributed by atoms with van der Waals surface area (Å²) in [5.41, 5.74) is 2.53. The number of ether oxygens (including phenoxy) is 1. The van der Waals surface area contributed by atoms with Crippen molar-refractivity contribution in [3.63, 3.8) is 0 Å². The highest BCUT2D eigenvalue weighted by atomic mass is 16.5. The number of aromatic carboxylic acids is 1. The molecule has 0 saturated carbocycles. The average molecular weight is 281 g/mol. The predicted molar refractivity (Wildman–Crippen MR) is 69.6 cm³/mol. The smallest absolute Gasteiger partial charge is 0.337 e. The van der Waals surface area contributed by atoms with Gasteiger partial charge in [0, 0.05) is 13.1 Å². The van der Waals surface area contributed by atoms with E-state index in [4.69, 9.17) is 9.84 Å². The van der Waals surface area contributed by atoms with Crippen LogP contribution in [0.15, 0.2) is 18.2 Å². The first-order valence-electron chi connectivity index (χ1n) is 6.03. The number of nitrogens with zero attached hydrogens (tertiary/aromatic N) is 1. The second kappa shape index (κ2) is 6.22. The van der Waals surface area contributed by atoms with E-state index in [9.17, 15) is 14.7 Å². The first-order valence-corrected chi connectivity index (χ1v) is 6.03. The van der Waals surface area contributed by atoms with E-state index in [1.807, 2.05) is 0 Å². The zero-order chi connectivity index (χ0) is 14.5. The Kier molecular flexibility index (Phi) is 4.38. The molecule has 0 aromatic heterocycles. The third-order valence-corrected chi connectivity index (χ3v) is 2.75. The summed E-state index contributed by atoms with van der Waals surface area (Å²) in [5, 5.41) is 22.4. The van der Waals surface area contributed by atoms with Gasteiger partial charge in [-0.25, -0.2) is 14.6 Å². The lowest BCUT2D eigenvalue weighted by Gasteiger charge is -2.27. The Hall–Kier alpha value is -2.32. The molecule has 1 aromatic carbocycles. The second-order valence-corrected chi connectivity index (χ2v) is 4.20. The monoisotopic (exact) mass is 281 g/mol. The highest BCUT2D eigenvalue weighted by Gasteiger charge is 2.16. The van der Waals surface area contributed by atoms with Gasteiger partial charge in [-0.2, -0.15) is 0 Å². The number of phenols is 1. The van der Waals surface area contributed by atoms with E-state index in [1.165, 1.54) is 12.1 Å². The topological polar surface area (TPSA) is 111 Å². The van der Waals surface area contributed by atoms with Gasteiger partial charge in [0.25, 0.3) is 0 Å². The van der Waals surface area contributed by atoms with Crippen LogP contribution in [-0.4, -0.2) is 53.5 Å². The number of phenolic OH excluding ortho intramolecular Hbond substituents is 1. The van der Waals surface area contributed by atoms with Crippen molar-refractivity contribution in [1.82, 2.24) is 10.4 Å². The van der Waals surface area contributed by atoms with Crippen LogP contribution in [-0.2, 0) is 4.74 Å². The molecular weight excluding hydrogens is 266 g/mol. The molecule has 2 amide bonds. The molecular formula is C12H15N3O5. The Bertz CT molecular complexity index is 514. The van der Waals surface area contributed by atoms with E-state index in [1.54, 1.807) is 5.01 Å². The molecule has 1 aliphatic rings. The fourth-order valence-corrected chi connectivity index (χ4v) is 1.79. The molecule has 0 spiro atoms. The summed E-state index contributed by atoms with van der Waals surface area (Å²) >= 11 is 0. The number of rotatable bonds is 3. The molecule has 0 atom stereocenters. The molecule has 8 heteroatoms. The zero-order valence-electron chi connectivity index (χ0n) is 10.6. The van der Waals surface area contributed by atoms with E-state index >= 15 is 0 Å². The summed E-state index contributed by atoms with van der Waals surface area (Å²) < 4.78 is 5.14. The Labute approximate surface area is 114 Å². The van der Waals surface area contributed by atoms with Crippen LogP contribution >= 0.6 is 0 Å². The van der Waals surface area contributed by atoms with E-state index in [0.717, 1.165) is 6.07 Å². The summed E-state index contributed by atoms with van der Waals surface area (Å²) in [6.07, 6.45) is 0. The molecule has 1 saturated heterocycles. The van der Waals surface area contributed by atoms with Crippen LogP contribution in [0.25, 0.3) is 0 Å². The molecule has 2 rings (SSSR count). The molecule has 0 bridgehead atoms. The molecule has 0 radical (unpaired) electrons. The Morgan fingerprint density at radius 1 is 1.25 bits per heavy atom. The predicted octanol–water partition coefficient (Wildman–Crippen LogP) is 0.459. The van der Waals surface area contributed by atoms with Gasteiger partial charge in [0.05, 0.1) is 24.5 Å². The number of hydrazine groups is 1. The van der Waals surface area contributed by atoms with Crippen molar-refractivity contribution in [1.29, 1.82) is 0 Å². The SMILES string of the molecule is O=C(Nc1ccc(O)cc1C(=O)O)NN1CCOCC1. The number of hydrogen-bond donors (Lipinski definition) is 4. The molecule has 0 aliphatic carbocycles. The standard InChI is InChI=1S/C12H15N3O5/c16-8-1-2-10(9(7-8)11(17)18)13-12(19)14-15-3-5-20-6-4-15/h1-2,7,16H,3-6H2,(H,17,18)(H2,13,14,19). The summed E-state index contributed by atoms with van der Waals surface area (Å²) in [6, 6.07) is 3.17. The number of amides is 2. The molecule has 0 unspecified atom stereocenters. The van der Waals surface area contributed by atoms with Gasteiger partial charge < -0.3 is 20.3 Å². The molecule has 1 aliphatic heterocycles. The van der Waals surface area contributed by atoms with Gasteiger partial charge in [0.2, 0.25) is 0 Å². The van der Waals surface area contributed by atoms with Crippen LogP contribution in [0.2, 0.25) is 0 Å². The number of benzene rings is 1. The Balaban J connectivity index is 2.01. The van der Waals surface area contributed by atoms with Gasteiger partial charge in [0.1, 0.15) is 5.75 Å². The van der Waals surface area contributed by atoms with Crippen LogP contribution in [0.1, 0.15) is 10.4 Å². The van der Waals surface area contributed by atoms with Gasteiger partial charge in [-0.15, -0.1) is 0 Å². The van der Waals surface area contributed by atoms with Gasteiger partial charge in [-0.3, -0.25) is 5.43 Å². The van der Waals surface area contributed by atoms with Crippen molar-refractivity contribution < 1.29 is 24.5 Å². The minimum Gasteiger partial charge on any atom is -0.508 e. The molecule has 1 aromatic rings. The van der Waals surface area contributed by atoms with Crippen LogP contribution < -0.4 is 10.7 Å². The fraction of sp³-hybridized carbons (Fsp3) is 0.333. The number of urea groups is 1. The van der Waals surface area contributed by atoms with Gasteiger partial charge in [-0.05, 0) is 18.2 Å². The number of carboxylic acid groups (broad SMARTS) is 1. The first-order chi connectivity index (χ1) is 9.56. The normalized spacial score (nSPS) is 15.6. The molecule has 8 nitrogen and oxygen atoms in total. The molecule has 1 heterocycles. The number of carbonyl (C=O) groups excluding carboxylic acids is 1. The molecule has 108 valence electrons. The number of nitrogens with one attached hydrogen (secondary N) is 2. The van der Waals surface area contributed by atoms with Gasteiger partial charge >= 0.3 is 12.0 Å². The lowest BCUT2D eigenvalue weighted by atomic mass is 10.1. The maximum absolute atomic E-state index is 11.8. The van der Waals surface area contributed by atoms with Crippen molar-refractivity contribution >= 4 is 17.7 Å². The lowest BCUT2D eigenvalue weighted by molar-refractivity contribution is 0.0207. The van der Waals surface area contributed by atoms with Crippen molar-refractivity contribution in [3.8, 4) is 5.75 Å². The van der Waals surface area contributed by atoms with E-state index < -0.39 is 12.0 Å². The van der Waals surface area contributed by atoms with Crippen molar-refractivity contribution in [2.45, 2.75) is 0 Å². The minimum atomic E-state index is -1.23. The average Bonchev–Trinajstić information content (AvgIpc) is 2.41. The quantitative estimate of drug-likeness (QED) is 0.599. The third-order valence-electron chi connectivity index (χ3n) is 2.75. The number of morpholine rings is 1. The number of hydrogen-bond acceptors (Lipinski definition) is 5. The molecule has 20 heavy (non-hydrogen) atoms. The van der Waals surface area contributed by atoms with Crippen molar-refractivity contribution in [3.05, 3.63) is 23.8 Å². The van der Waals surface area contributed by atoms with Crippen LogP contribution in [0.3, 0.4) is 0 Å². The minimum absolute atomic E-state index is 0.112. The van der Waals surface area contributed by atoms with Crippen LogP contribution in [0.5, 0.6) is 5.75 Å². The highest BCUT2D eigenvalue weighted by Crippen LogP contribution is 2.21. The maximum atomic E-state index is 11.8. The van der Waals surface area contributed by atoms with Crippen molar-refractivity contribution in [2.75, 3.05) is 31.6 Å². The Morgan fingerprint density at radius 3 is 2.60 bits per heavy atom. The summed E-state index contributed by atoms with van der Waals surface area (Å²) in [7, 11) is 0. The molecule has 4 N–H and O–H groups in total. The zero-order valence-corrected chi connectivity index (χ0v) is 10.6.